The number of hydrogen-bond acceptors (Lipinski definition) is 0. The van der Waals surface area contributed by atoms with Gasteiger partial charge in [0.15, 0.2) is 0 Å². The molecule has 0 nitrogen and oxygen atoms in total. The van der Waals surface area contributed by atoms with Gasteiger partial charge in [0.05, 0.1) is 10.8 Å². The Kier molecular flexibility index (Phi) is 2.64. The minimum atomic E-state index is -0.0764. The molecular weight excluding hydrogens is 299 g/mol. The quantitative estimate of drug-likeness (QED) is 0.591. The van der Waals surface area contributed by atoms with Crippen molar-refractivity contribution in [2.45, 2.75) is 22.6 Å². The van der Waals surface area contributed by atoms with Gasteiger partial charge in [0.2, 0.25) is 0 Å². The number of benzene rings is 2. The summed E-state index contributed by atoms with van der Waals surface area (Å²) >= 11 is 19.3. The molecule has 0 saturated heterocycles. The molecule has 0 fully saturated rings. The van der Waals surface area contributed by atoms with Gasteiger partial charge in [-0.25, -0.2) is 0 Å². The third kappa shape index (κ3) is 1.54. The van der Waals surface area contributed by atoms with Crippen molar-refractivity contribution in [3.8, 4) is 0 Å². The summed E-state index contributed by atoms with van der Waals surface area (Å²) in [7, 11) is 0. The fourth-order valence-corrected chi connectivity index (χ4v) is 4.58. The topological polar surface area (TPSA) is 0 Å². The van der Waals surface area contributed by atoms with Crippen molar-refractivity contribution < 1.29 is 0 Å². The van der Waals surface area contributed by atoms with Crippen molar-refractivity contribution in [3.63, 3.8) is 0 Å². The Morgan fingerprint density at radius 2 is 1.21 bits per heavy atom. The average Bonchev–Trinajstić information content (AvgIpc) is 2.42. The average molecular weight is 310 g/mol. The molecule has 2 aromatic carbocycles. The van der Waals surface area contributed by atoms with Crippen molar-refractivity contribution in [2.75, 3.05) is 0 Å². The van der Waals surface area contributed by atoms with E-state index in [9.17, 15) is 0 Å². The van der Waals surface area contributed by atoms with Crippen LogP contribution in [-0.4, -0.2) is 10.8 Å². The van der Waals surface area contributed by atoms with Gasteiger partial charge in [0, 0.05) is 16.9 Å². The van der Waals surface area contributed by atoms with Gasteiger partial charge in [-0.3, -0.25) is 0 Å². The van der Waals surface area contributed by atoms with E-state index in [2.05, 4.69) is 30.3 Å². The fourth-order valence-electron chi connectivity index (χ4n) is 3.56. The zero-order valence-corrected chi connectivity index (χ0v) is 12.3. The molecule has 0 spiro atoms. The van der Waals surface area contributed by atoms with Gasteiger partial charge < -0.3 is 0 Å². The van der Waals surface area contributed by atoms with Crippen molar-refractivity contribution in [3.05, 3.63) is 69.7 Å². The van der Waals surface area contributed by atoms with E-state index >= 15 is 0 Å². The van der Waals surface area contributed by atoms with E-state index in [4.69, 9.17) is 34.8 Å². The smallest absolute Gasteiger partial charge is 0.0618 e. The first-order chi connectivity index (χ1) is 9.18. The second kappa shape index (κ2) is 4.15. The molecule has 19 heavy (non-hydrogen) atoms. The second-order valence-corrected chi connectivity index (χ2v) is 6.69. The highest BCUT2D eigenvalue weighted by Gasteiger charge is 2.48. The summed E-state index contributed by atoms with van der Waals surface area (Å²) in [4.78, 5) is 0. The van der Waals surface area contributed by atoms with Crippen LogP contribution >= 0.6 is 34.8 Å². The lowest BCUT2D eigenvalue weighted by Gasteiger charge is -2.46. The Balaban J connectivity index is 2.05. The maximum Gasteiger partial charge on any atom is 0.0618 e. The van der Waals surface area contributed by atoms with E-state index < -0.39 is 0 Å². The van der Waals surface area contributed by atoms with Crippen LogP contribution in [0.15, 0.2) is 42.5 Å². The molecule has 3 heteroatoms. The predicted octanol–water partition coefficient (Wildman–Crippen LogP) is 5.15. The van der Waals surface area contributed by atoms with Gasteiger partial charge in [-0.05, 0) is 34.4 Å². The number of fused-ring (bicyclic) bond motifs is 1. The molecule has 0 aromatic heterocycles. The molecule has 0 heterocycles. The second-order valence-electron chi connectivity index (χ2n) is 5.25. The van der Waals surface area contributed by atoms with Crippen LogP contribution in [-0.2, 0) is 0 Å². The maximum absolute atomic E-state index is 6.60. The Morgan fingerprint density at radius 3 is 1.84 bits per heavy atom. The number of halogens is 3. The van der Waals surface area contributed by atoms with E-state index in [0.717, 1.165) is 5.02 Å². The molecule has 0 aliphatic heterocycles. The molecule has 3 aliphatic rings. The molecule has 2 bridgehead atoms. The van der Waals surface area contributed by atoms with Crippen LogP contribution in [0.5, 0.6) is 0 Å². The van der Waals surface area contributed by atoms with Gasteiger partial charge in [-0.15, -0.1) is 23.2 Å². The fraction of sp³-hybridized carbons (Fsp3) is 0.250. The minimum Gasteiger partial charge on any atom is -0.120 e. The summed E-state index contributed by atoms with van der Waals surface area (Å²) in [5, 5.41) is 0.626. The van der Waals surface area contributed by atoms with E-state index in [1.807, 2.05) is 12.1 Å². The summed E-state index contributed by atoms with van der Waals surface area (Å²) in [5.74, 6) is 0.330. The summed E-state index contributed by atoms with van der Waals surface area (Å²) < 4.78 is 0. The van der Waals surface area contributed by atoms with Crippen molar-refractivity contribution in [1.82, 2.24) is 0 Å². The van der Waals surface area contributed by atoms with Gasteiger partial charge in [0.1, 0.15) is 0 Å². The summed E-state index contributed by atoms with van der Waals surface area (Å²) in [5.41, 5.74) is 5.15. The largest absolute Gasteiger partial charge is 0.120 e. The lowest BCUT2D eigenvalue weighted by atomic mass is 9.63. The zero-order chi connectivity index (χ0) is 13.1. The summed E-state index contributed by atoms with van der Waals surface area (Å²) in [6.07, 6.45) is 0. The van der Waals surface area contributed by atoms with Crippen LogP contribution in [0.4, 0.5) is 0 Å². The van der Waals surface area contributed by atoms with E-state index in [0.29, 0.717) is 0 Å². The third-order valence-corrected chi connectivity index (χ3v) is 5.74. The van der Waals surface area contributed by atoms with Crippen LogP contribution in [0, 0.1) is 0 Å². The van der Waals surface area contributed by atoms with Gasteiger partial charge in [0.25, 0.3) is 0 Å². The minimum absolute atomic E-state index is 0.0600. The number of hydrogen-bond donors (Lipinski definition) is 0. The van der Waals surface area contributed by atoms with E-state index in [-0.39, 0.29) is 22.6 Å². The third-order valence-electron chi connectivity index (χ3n) is 4.33. The van der Waals surface area contributed by atoms with Gasteiger partial charge in [-0.2, -0.15) is 0 Å². The van der Waals surface area contributed by atoms with Crippen LogP contribution in [0.2, 0.25) is 5.02 Å². The predicted molar refractivity (Wildman–Crippen MR) is 80.9 cm³/mol. The van der Waals surface area contributed by atoms with Crippen LogP contribution < -0.4 is 0 Å². The summed E-state index contributed by atoms with van der Waals surface area (Å²) in [6, 6.07) is 14.6. The summed E-state index contributed by atoms with van der Waals surface area (Å²) in [6.45, 7) is 0. The highest BCUT2D eigenvalue weighted by atomic mass is 35.5. The monoisotopic (exact) mass is 308 g/mol. The normalized spacial score (nSPS) is 30.9. The highest BCUT2D eigenvalue weighted by Crippen LogP contribution is 2.56. The first-order valence-corrected chi connectivity index (χ1v) is 7.60. The standard InChI is InChI=1S/C16H11Cl3/c17-8-5-6-11-12(7-8)14-10-4-2-1-3-9(10)13(11)15(18)16(14)19/h1-7,13-16H/t13-,14-,15+,16-/m0/s1. The molecule has 96 valence electrons. The van der Waals surface area contributed by atoms with Gasteiger partial charge in [-0.1, -0.05) is 41.9 Å². The molecule has 4 atom stereocenters. The maximum atomic E-state index is 6.60. The molecule has 0 saturated carbocycles. The van der Waals surface area contributed by atoms with Crippen LogP contribution in [0.1, 0.15) is 34.1 Å². The van der Waals surface area contributed by atoms with Gasteiger partial charge >= 0.3 is 0 Å². The van der Waals surface area contributed by atoms with E-state index in [1.165, 1.54) is 22.3 Å². The SMILES string of the molecule is Clc1ccc2c(c1)[C@@H]1c3ccccc3[C@@H]2[C@@H](Cl)[C@H]1Cl. The number of rotatable bonds is 0. The first-order valence-electron chi connectivity index (χ1n) is 6.35. The lowest BCUT2D eigenvalue weighted by molar-refractivity contribution is 0.535. The molecule has 0 amide bonds. The Hall–Kier alpha value is -0.690. The molecular formula is C16H11Cl3. The zero-order valence-electron chi connectivity index (χ0n) is 9.98. The Bertz CT molecular complexity index is 665. The molecule has 0 unspecified atom stereocenters. The van der Waals surface area contributed by atoms with Crippen molar-refractivity contribution >= 4 is 34.8 Å². The molecule has 3 aliphatic carbocycles. The molecule has 5 rings (SSSR count). The van der Waals surface area contributed by atoms with Crippen LogP contribution in [0.3, 0.4) is 0 Å². The number of alkyl halides is 2. The van der Waals surface area contributed by atoms with E-state index in [1.54, 1.807) is 0 Å². The first kappa shape index (κ1) is 12.1. The van der Waals surface area contributed by atoms with Crippen LogP contribution in [0.25, 0.3) is 0 Å². The lowest BCUT2D eigenvalue weighted by Crippen LogP contribution is -2.41. The Labute approximate surface area is 127 Å². The molecule has 0 N–H and O–H groups in total. The van der Waals surface area contributed by atoms with Crippen molar-refractivity contribution in [1.29, 1.82) is 0 Å². The molecule has 0 radical (unpaired) electrons. The van der Waals surface area contributed by atoms with Crippen molar-refractivity contribution in [2.24, 2.45) is 0 Å². The highest BCUT2D eigenvalue weighted by molar-refractivity contribution is 6.32. The molecule has 2 aromatic rings. The Morgan fingerprint density at radius 1 is 0.684 bits per heavy atom.